The number of anilines is 2. The number of benzene rings is 1. The van der Waals surface area contributed by atoms with Crippen molar-refractivity contribution in [2.45, 2.75) is 26.4 Å². The van der Waals surface area contributed by atoms with Gasteiger partial charge in [-0.1, -0.05) is 6.07 Å². The summed E-state index contributed by atoms with van der Waals surface area (Å²) in [6, 6.07) is 8.41. The van der Waals surface area contributed by atoms with Crippen LogP contribution in [0.5, 0.6) is 0 Å². The monoisotopic (exact) mass is 548 g/mol. The van der Waals surface area contributed by atoms with Crippen LogP contribution in [0.4, 0.5) is 20.5 Å². The Labute approximate surface area is 232 Å². The first-order chi connectivity index (χ1) is 19.1. The van der Waals surface area contributed by atoms with Crippen molar-refractivity contribution in [3.63, 3.8) is 0 Å². The van der Waals surface area contributed by atoms with Crippen LogP contribution in [-0.4, -0.2) is 87.4 Å². The number of likely N-dealkylation sites (N-methyl/N-ethyl adjacent to an activating group) is 1. The summed E-state index contributed by atoms with van der Waals surface area (Å²) < 4.78 is 32.6. The second kappa shape index (κ2) is 11.3. The first kappa shape index (κ1) is 27.6. The molecule has 0 spiro atoms. The zero-order valence-electron chi connectivity index (χ0n) is 23.4. The number of pyridine rings is 1. The van der Waals surface area contributed by atoms with Gasteiger partial charge in [-0.25, -0.2) is 23.7 Å². The maximum absolute atomic E-state index is 15.9. The standard InChI is InChI=1S/C29H34F2N8O/c1-18(2)39-23-8-7-20(26(31)21(23)14-24(39)28(40)36(3)4)27-22(30)16-33-29(35-27)34-25-9-6-19(15-32-25)17-38-12-10-37(5)11-13-38/h6-9,14-16,18H,10-13,17H2,1-5H3,(H,32,33,34,35). The Morgan fingerprint density at radius 3 is 2.45 bits per heavy atom. The number of fused-ring (bicyclic) bond motifs is 1. The third-order valence-electron chi connectivity index (χ3n) is 7.16. The molecule has 1 aromatic carbocycles. The SMILES string of the molecule is CC(C)n1c(C(=O)N(C)C)cc2c(F)c(-c3nc(Nc4ccc(CN5CCN(C)CC5)cn4)ncc3F)ccc21. The Balaban J connectivity index is 1.41. The summed E-state index contributed by atoms with van der Waals surface area (Å²) in [6.07, 6.45) is 2.81. The van der Waals surface area contributed by atoms with Crippen LogP contribution in [0.1, 0.15) is 35.9 Å². The first-order valence-corrected chi connectivity index (χ1v) is 13.3. The van der Waals surface area contributed by atoms with Gasteiger partial charge in [-0.3, -0.25) is 9.69 Å². The molecule has 5 rings (SSSR count). The molecule has 3 aromatic heterocycles. The van der Waals surface area contributed by atoms with E-state index in [1.165, 1.54) is 17.0 Å². The molecular formula is C29H34F2N8O. The van der Waals surface area contributed by atoms with Crippen molar-refractivity contribution in [2.24, 2.45) is 0 Å². The molecule has 4 aromatic rings. The molecule has 0 saturated carbocycles. The minimum absolute atomic E-state index is 0.0179. The minimum atomic E-state index is -0.757. The van der Waals surface area contributed by atoms with E-state index in [9.17, 15) is 9.18 Å². The molecule has 0 unspecified atom stereocenters. The number of hydrogen-bond acceptors (Lipinski definition) is 7. The average Bonchev–Trinajstić information content (AvgIpc) is 3.33. The lowest BCUT2D eigenvalue weighted by molar-refractivity contribution is 0.0816. The highest BCUT2D eigenvalue weighted by atomic mass is 19.1. The predicted molar refractivity (Wildman–Crippen MR) is 152 cm³/mol. The molecule has 0 radical (unpaired) electrons. The second-order valence-corrected chi connectivity index (χ2v) is 10.7. The molecule has 1 aliphatic heterocycles. The summed E-state index contributed by atoms with van der Waals surface area (Å²) in [5, 5.41) is 3.22. The number of carbonyl (C=O) groups is 1. The number of halogens is 2. The normalized spacial score (nSPS) is 14.7. The van der Waals surface area contributed by atoms with Gasteiger partial charge in [0.05, 0.1) is 11.7 Å². The summed E-state index contributed by atoms with van der Waals surface area (Å²) in [5.74, 6) is -1.06. The summed E-state index contributed by atoms with van der Waals surface area (Å²) in [5.41, 5.74) is 1.80. The number of hydrogen-bond donors (Lipinski definition) is 1. The average molecular weight is 549 g/mol. The number of carbonyl (C=O) groups excluding carboxylic acids is 1. The van der Waals surface area contributed by atoms with Crippen LogP contribution in [0.3, 0.4) is 0 Å². The molecule has 1 saturated heterocycles. The molecule has 210 valence electrons. The summed E-state index contributed by atoms with van der Waals surface area (Å²) in [6.45, 7) is 8.79. The van der Waals surface area contributed by atoms with Crippen LogP contribution >= 0.6 is 0 Å². The van der Waals surface area contributed by atoms with Crippen LogP contribution in [0.15, 0.2) is 42.7 Å². The number of aromatic nitrogens is 4. The Hall–Kier alpha value is -3.96. The van der Waals surface area contributed by atoms with Gasteiger partial charge in [-0.2, -0.15) is 0 Å². The van der Waals surface area contributed by atoms with Crippen molar-refractivity contribution in [1.82, 2.24) is 34.2 Å². The highest BCUT2D eigenvalue weighted by Gasteiger charge is 2.24. The van der Waals surface area contributed by atoms with Crippen LogP contribution in [0, 0.1) is 11.6 Å². The van der Waals surface area contributed by atoms with Crippen LogP contribution in [0.2, 0.25) is 0 Å². The lowest BCUT2D eigenvalue weighted by Gasteiger charge is -2.32. The molecule has 1 N–H and O–H groups in total. The van der Waals surface area contributed by atoms with Gasteiger partial charge in [0.25, 0.3) is 5.91 Å². The van der Waals surface area contributed by atoms with Gasteiger partial charge in [-0.15, -0.1) is 0 Å². The molecule has 1 fully saturated rings. The van der Waals surface area contributed by atoms with Gasteiger partial charge in [0, 0.05) is 70.0 Å². The molecule has 1 aliphatic rings. The number of nitrogens with zero attached hydrogens (tertiary/aromatic N) is 7. The maximum atomic E-state index is 15.9. The van der Waals surface area contributed by atoms with E-state index in [0.29, 0.717) is 17.0 Å². The van der Waals surface area contributed by atoms with E-state index >= 15 is 4.39 Å². The van der Waals surface area contributed by atoms with E-state index in [1.807, 2.05) is 26.0 Å². The predicted octanol–water partition coefficient (Wildman–Crippen LogP) is 4.55. The van der Waals surface area contributed by atoms with E-state index in [2.05, 4.69) is 37.1 Å². The van der Waals surface area contributed by atoms with E-state index in [4.69, 9.17) is 0 Å². The summed E-state index contributed by atoms with van der Waals surface area (Å²) in [4.78, 5) is 31.7. The minimum Gasteiger partial charge on any atom is -0.343 e. The molecule has 11 heteroatoms. The molecule has 9 nitrogen and oxygen atoms in total. The van der Waals surface area contributed by atoms with Crippen molar-refractivity contribution < 1.29 is 13.6 Å². The highest BCUT2D eigenvalue weighted by molar-refractivity contribution is 5.99. The topological polar surface area (TPSA) is 82.4 Å². The van der Waals surface area contributed by atoms with Gasteiger partial charge in [0.2, 0.25) is 5.95 Å². The van der Waals surface area contributed by atoms with Crippen molar-refractivity contribution in [3.05, 3.63) is 65.6 Å². The molecule has 0 bridgehead atoms. The number of piperazine rings is 1. The zero-order chi connectivity index (χ0) is 28.6. The quantitative estimate of drug-likeness (QED) is 0.363. The highest BCUT2D eigenvalue weighted by Crippen LogP contribution is 2.33. The Morgan fingerprint density at radius 2 is 1.80 bits per heavy atom. The number of nitrogens with one attached hydrogen (secondary N) is 1. The summed E-state index contributed by atoms with van der Waals surface area (Å²) in [7, 11) is 5.42. The van der Waals surface area contributed by atoms with Gasteiger partial charge >= 0.3 is 0 Å². The number of rotatable bonds is 7. The van der Waals surface area contributed by atoms with E-state index in [0.717, 1.165) is 44.5 Å². The largest absolute Gasteiger partial charge is 0.343 e. The van der Waals surface area contributed by atoms with Gasteiger partial charge < -0.3 is 19.7 Å². The van der Waals surface area contributed by atoms with Gasteiger partial charge in [0.1, 0.15) is 23.0 Å². The van der Waals surface area contributed by atoms with Crippen molar-refractivity contribution >= 4 is 28.6 Å². The van der Waals surface area contributed by atoms with Crippen LogP contribution in [0.25, 0.3) is 22.2 Å². The first-order valence-electron chi connectivity index (χ1n) is 13.3. The van der Waals surface area contributed by atoms with Crippen molar-refractivity contribution in [1.29, 1.82) is 0 Å². The van der Waals surface area contributed by atoms with E-state index in [-0.39, 0.29) is 34.5 Å². The van der Waals surface area contributed by atoms with E-state index < -0.39 is 11.6 Å². The van der Waals surface area contributed by atoms with Gasteiger partial charge in [-0.05, 0) is 50.7 Å². The maximum Gasteiger partial charge on any atom is 0.270 e. The zero-order valence-corrected chi connectivity index (χ0v) is 23.4. The Morgan fingerprint density at radius 1 is 1.05 bits per heavy atom. The van der Waals surface area contributed by atoms with Crippen LogP contribution in [-0.2, 0) is 6.54 Å². The fourth-order valence-electron chi connectivity index (χ4n) is 4.99. The Bertz CT molecular complexity index is 1530. The molecule has 40 heavy (non-hydrogen) atoms. The third-order valence-corrected chi connectivity index (χ3v) is 7.16. The summed E-state index contributed by atoms with van der Waals surface area (Å²) >= 11 is 0. The fraction of sp³-hybridized carbons (Fsp3) is 0.379. The molecule has 4 heterocycles. The second-order valence-electron chi connectivity index (χ2n) is 10.7. The lowest BCUT2D eigenvalue weighted by Crippen LogP contribution is -2.43. The molecule has 1 amide bonds. The van der Waals surface area contributed by atoms with E-state index in [1.54, 1.807) is 30.9 Å². The van der Waals surface area contributed by atoms with Crippen molar-refractivity contribution in [3.8, 4) is 11.3 Å². The molecular weight excluding hydrogens is 514 g/mol. The lowest BCUT2D eigenvalue weighted by atomic mass is 10.1. The fourth-order valence-corrected chi connectivity index (χ4v) is 4.99. The third kappa shape index (κ3) is 5.52. The van der Waals surface area contributed by atoms with Gasteiger partial charge in [0.15, 0.2) is 5.82 Å². The Kier molecular flexibility index (Phi) is 7.77. The smallest absolute Gasteiger partial charge is 0.270 e. The number of amides is 1. The molecule has 0 aliphatic carbocycles. The van der Waals surface area contributed by atoms with Crippen LogP contribution < -0.4 is 5.32 Å². The van der Waals surface area contributed by atoms with Crippen molar-refractivity contribution in [2.75, 3.05) is 52.6 Å². The molecule has 0 atom stereocenters.